The molecule has 2 rings (SSSR count). The quantitative estimate of drug-likeness (QED) is 0.840. The molecule has 0 saturated carbocycles. The summed E-state index contributed by atoms with van der Waals surface area (Å²) in [4.78, 5) is 0. The number of rotatable bonds is 6. The van der Waals surface area contributed by atoms with E-state index in [1.54, 1.807) is 0 Å². The molecule has 1 N–H and O–H groups in total. The van der Waals surface area contributed by atoms with Crippen LogP contribution < -0.4 is 5.32 Å². The molecule has 0 bridgehead atoms. The van der Waals surface area contributed by atoms with Gasteiger partial charge in [-0.2, -0.15) is 0 Å². The van der Waals surface area contributed by atoms with Crippen molar-refractivity contribution >= 4 is 0 Å². The van der Waals surface area contributed by atoms with Crippen molar-refractivity contribution in [1.82, 2.24) is 9.88 Å². The van der Waals surface area contributed by atoms with Gasteiger partial charge in [0.2, 0.25) is 0 Å². The lowest BCUT2D eigenvalue weighted by Crippen LogP contribution is -2.22. The second-order valence-corrected chi connectivity index (χ2v) is 5.58. The van der Waals surface area contributed by atoms with Gasteiger partial charge in [0.25, 0.3) is 0 Å². The molecule has 102 valence electrons. The van der Waals surface area contributed by atoms with Crippen molar-refractivity contribution < 1.29 is 4.74 Å². The highest BCUT2D eigenvalue weighted by Gasteiger charge is 2.15. The number of nitrogens with zero attached hydrogens (tertiary/aromatic N) is 1. The Labute approximate surface area is 111 Å². The molecule has 0 amide bonds. The van der Waals surface area contributed by atoms with E-state index in [2.05, 4.69) is 42.9 Å². The molecule has 1 aliphatic rings. The lowest BCUT2D eigenvalue weighted by molar-refractivity contribution is 0.100. The van der Waals surface area contributed by atoms with Gasteiger partial charge < -0.3 is 14.6 Å². The maximum atomic E-state index is 5.67. The van der Waals surface area contributed by atoms with Gasteiger partial charge in [-0.15, -0.1) is 0 Å². The molecule has 18 heavy (non-hydrogen) atoms. The summed E-state index contributed by atoms with van der Waals surface area (Å²) in [5.41, 5.74) is 2.80. The van der Waals surface area contributed by atoms with Crippen molar-refractivity contribution in [3.8, 4) is 0 Å². The van der Waals surface area contributed by atoms with E-state index in [1.165, 1.54) is 24.1 Å². The van der Waals surface area contributed by atoms with Crippen LogP contribution in [0.15, 0.2) is 12.3 Å². The van der Waals surface area contributed by atoms with Crippen molar-refractivity contribution in [1.29, 1.82) is 0 Å². The van der Waals surface area contributed by atoms with E-state index in [0.29, 0.717) is 12.1 Å². The first-order valence-electron chi connectivity index (χ1n) is 7.16. The van der Waals surface area contributed by atoms with E-state index < -0.39 is 0 Å². The molecule has 1 aromatic heterocycles. The highest BCUT2D eigenvalue weighted by atomic mass is 16.5. The van der Waals surface area contributed by atoms with Gasteiger partial charge in [-0.25, -0.2) is 0 Å². The summed E-state index contributed by atoms with van der Waals surface area (Å²) >= 11 is 0. The maximum absolute atomic E-state index is 5.67. The number of nitrogens with one attached hydrogen (secondary N) is 1. The summed E-state index contributed by atoms with van der Waals surface area (Å²) in [5, 5.41) is 3.48. The number of aryl methyl sites for hydroxylation is 1. The Bertz CT molecular complexity index is 365. The highest BCUT2D eigenvalue weighted by Crippen LogP contribution is 2.18. The molecular formula is C15H26N2O. The molecule has 0 aliphatic carbocycles. The molecule has 1 unspecified atom stereocenters. The first-order chi connectivity index (χ1) is 8.66. The van der Waals surface area contributed by atoms with Gasteiger partial charge in [-0.3, -0.25) is 0 Å². The average Bonchev–Trinajstić information content (AvgIpc) is 2.94. The summed E-state index contributed by atoms with van der Waals surface area (Å²) in [6, 6.07) is 2.78. The van der Waals surface area contributed by atoms with Gasteiger partial charge in [-0.05, 0) is 37.8 Å². The highest BCUT2D eigenvalue weighted by molar-refractivity contribution is 5.21. The van der Waals surface area contributed by atoms with E-state index in [0.717, 1.165) is 26.1 Å². The van der Waals surface area contributed by atoms with Gasteiger partial charge in [0.15, 0.2) is 0 Å². The molecule has 0 aromatic carbocycles. The Morgan fingerprint density at radius 3 is 3.00 bits per heavy atom. The largest absolute Gasteiger partial charge is 0.378 e. The fraction of sp³-hybridized carbons (Fsp3) is 0.733. The molecule has 3 heteroatoms. The first-order valence-corrected chi connectivity index (χ1v) is 7.16. The Balaban J connectivity index is 1.84. The Hall–Kier alpha value is -0.800. The van der Waals surface area contributed by atoms with Crippen molar-refractivity contribution in [2.75, 3.05) is 6.61 Å². The summed E-state index contributed by atoms with van der Waals surface area (Å²) in [6.45, 7) is 9.59. The Morgan fingerprint density at radius 1 is 1.50 bits per heavy atom. The SMILES string of the molecule is Cc1c(CNC(C)C)ccn1CCC1CCCO1. The molecule has 1 aromatic rings. The van der Waals surface area contributed by atoms with Gasteiger partial charge in [0.05, 0.1) is 6.10 Å². The van der Waals surface area contributed by atoms with Crippen LogP contribution in [0.5, 0.6) is 0 Å². The van der Waals surface area contributed by atoms with Crippen LogP contribution in [0.1, 0.15) is 44.4 Å². The van der Waals surface area contributed by atoms with E-state index in [1.807, 2.05) is 0 Å². The fourth-order valence-electron chi connectivity index (χ4n) is 2.50. The van der Waals surface area contributed by atoms with Crippen molar-refractivity contribution in [2.24, 2.45) is 0 Å². The van der Waals surface area contributed by atoms with Crippen LogP contribution in [-0.2, 0) is 17.8 Å². The number of hydrogen-bond donors (Lipinski definition) is 1. The number of hydrogen-bond acceptors (Lipinski definition) is 2. The lowest BCUT2D eigenvalue weighted by atomic mass is 10.2. The smallest absolute Gasteiger partial charge is 0.0593 e. The van der Waals surface area contributed by atoms with Crippen LogP contribution in [0.25, 0.3) is 0 Å². The topological polar surface area (TPSA) is 26.2 Å². The fourth-order valence-corrected chi connectivity index (χ4v) is 2.50. The Morgan fingerprint density at radius 2 is 2.33 bits per heavy atom. The van der Waals surface area contributed by atoms with E-state index in [-0.39, 0.29) is 0 Å². The minimum Gasteiger partial charge on any atom is -0.378 e. The molecule has 1 aliphatic heterocycles. The zero-order chi connectivity index (χ0) is 13.0. The molecule has 1 fully saturated rings. The van der Waals surface area contributed by atoms with Crippen LogP contribution in [0, 0.1) is 6.92 Å². The van der Waals surface area contributed by atoms with E-state index in [4.69, 9.17) is 4.74 Å². The summed E-state index contributed by atoms with van der Waals surface area (Å²) < 4.78 is 8.03. The Kier molecular flexibility index (Phi) is 4.84. The predicted octanol–water partition coefficient (Wildman–Crippen LogP) is 2.86. The molecule has 0 radical (unpaired) electrons. The summed E-state index contributed by atoms with van der Waals surface area (Å²) in [6.07, 6.45) is 6.32. The van der Waals surface area contributed by atoms with Crippen LogP contribution in [-0.4, -0.2) is 23.3 Å². The lowest BCUT2D eigenvalue weighted by Gasteiger charge is -2.12. The average molecular weight is 250 g/mol. The van der Waals surface area contributed by atoms with Crippen LogP contribution in [0.2, 0.25) is 0 Å². The summed E-state index contributed by atoms with van der Waals surface area (Å²) in [7, 11) is 0. The zero-order valence-corrected chi connectivity index (χ0v) is 11.9. The number of ether oxygens (including phenoxy) is 1. The molecule has 1 atom stereocenters. The van der Waals surface area contributed by atoms with Crippen molar-refractivity contribution in [2.45, 2.75) is 65.3 Å². The molecule has 2 heterocycles. The van der Waals surface area contributed by atoms with Crippen LogP contribution in [0.4, 0.5) is 0 Å². The minimum absolute atomic E-state index is 0.490. The van der Waals surface area contributed by atoms with Crippen molar-refractivity contribution in [3.05, 3.63) is 23.5 Å². The molecule has 1 saturated heterocycles. The minimum atomic E-state index is 0.490. The third-order valence-corrected chi connectivity index (χ3v) is 3.77. The third kappa shape index (κ3) is 3.59. The van der Waals surface area contributed by atoms with Gasteiger partial charge in [0, 0.05) is 37.6 Å². The van der Waals surface area contributed by atoms with Crippen molar-refractivity contribution in [3.63, 3.8) is 0 Å². The normalized spacial score (nSPS) is 19.9. The summed E-state index contributed by atoms with van der Waals surface area (Å²) in [5.74, 6) is 0. The van der Waals surface area contributed by atoms with E-state index >= 15 is 0 Å². The monoisotopic (exact) mass is 250 g/mol. The second-order valence-electron chi connectivity index (χ2n) is 5.58. The van der Waals surface area contributed by atoms with Crippen LogP contribution in [0.3, 0.4) is 0 Å². The van der Waals surface area contributed by atoms with Gasteiger partial charge >= 0.3 is 0 Å². The number of aromatic nitrogens is 1. The van der Waals surface area contributed by atoms with E-state index in [9.17, 15) is 0 Å². The van der Waals surface area contributed by atoms with Crippen LogP contribution >= 0.6 is 0 Å². The van der Waals surface area contributed by atoms with Gasteiger partial charge in [-0.1, -0.05) is 13.8 Å². The first kappa shape index (κ1) is 13.6. The predicted molar refractivity (Wildman–Crippen MR) is 74.7 cm³/mol. The second kappa shape index (κ2) is 6.39. The zero-order valence-electron chi connectivity index (χ0n) is 11.9. The molecule has 0 spiro atoms. The third-order valence-electron chi connectivity index (χ3n) is 3.77. The standard InChI is InChI=1S/C15H26N2O/c1-12(2)16-11-14-6-8-17(13(14)3)9-7-15-5-4-10-18-15/h6,8,12,15-16H,4-5,7,9-11H2,1-3H3. The molecule has 3 nitrogen and oxygen atoms in total. The molecular weight excluding hydrogens is 224 g/mol. The maximum Gasteiger partial charge on any atom is 0.0593 e. The van der Waals surface area contributed by atoms with Gasteiger partial charge in [0.1, 0.15) is 0 Å².